The minimum absolute atomic E-state index is 0.195. The van der Waals surface area contributed by atoms with Gasteiger partial charge in [-0.3, -0.25) is 9.59 Å². The summed E-state index contributed by atoms with van der Waals surface area (Å²) >= 11 is 12.5. The third-order valence-corrected chi connectivity index (χ3v) is 4.88. The van der Waals surface area contributed by atoms with Crippen molar-refractivity contribution in [3.05, 3.63) is 34.3 Å². The highest BCUT2D eigenvalue weighted by atomic mass is 35.5. The molecule has 0 aliphatic carbocycles. The maximum absolute atomic E-state index is 13.0. The molecule has 0 saturated heterocycles. The minimum atomic E-state index is -1.46. The van der Waals surface area contributed by atoms with Gasteiger partial charge in [0.1, 0.15) is 17.1 Å². The molecule has 11 heteroatoms. The first-order chi connectivity index (χ1) is 15.8. The zero-order valence-corrected chi connectivity index (χ0v) is 20.4. The fraction of sp³-hybridized carbons (Fsp3) is 0.364. The molecule has 1 atom stereocenters. The van der Waals surface area contributed by atoms with Gasteiger partial charge in [-0.1, -0.05) is 23.2 Å². The van der Waals surface area contributed by atoms with Gasteiger partial charge in [-0.2, -0.15) is 10.2 Å². The van der Waals surface area contributed by atoms with Gasteiger partial charge in [-0.25, -0.2) is 0 Å². The molecule has 0 saturated carbocycles. The molecule has 178 valence electrons. The quantitative estimate of drug-likeness (QED) is 0.324. The summed E-state index contributed by atoms with van der Waals surface area (Å²) in [6.07, 6.45) is 0. The molecule has 0 heterocycles. The van der Waals surface area contributed by atoms with Crippen LogP contribution in [0.1, 0.15) is 20.8 Å². The lowest BCUT2D eigenvalue weighted by Gasteiger charge is -2.18. The summed E-state index contributed by atoms with van der Waals surface area (Å²) < 4.78 is 21.6. The third-order valence-electron chi connectivity index (χ3n) is 4.28. The lowest BCUT2D eigenvalue weighted by molar-refractivity contribution is -0.126. The number of ketones is 1. The maximum atomic E-state index is 13.0. The summed E-state index contributed by atoms with van der Waals surface area (Å²) in [6.45, 7) is 5.43. The van der Waals surface area contributed by atoms with E-state index in [4.69, 9.17) is 42.1 Å². The summed E-state index contributed by atoms with van der Waals surface area (Å²) in [5, 5.41) is 11.0. The Bertz CT molecular complexity index is 1050. The van der Waals surface area contributed by atoms with Gasteiger partial charge in [0.15, 0.2) is 23.0 Å². The van der Waals surface area contributed by atoms with E-state index in [0.29, 0.717) is 30.5 Å². The van der Waals surface area contributed by atoms with Crippen molar-refractivity contribution in [2.24, 2.45) is 10.2 Å². The molecule has 0 radical (unpaired) electrons. The van der Waals surface area contributed by atoms with Gasteiger partial charge < -0.3 is 24.3 Å². The summed E-state index contributed by atoms with van der Waals surface area (Å²) in [7, 11) is 2.92. The Morgan fingerprint density at radius 1 is 0.970 bits per heavy atom. The Balaban J connectivity index is 2.40. The topological polar surface area (TPSA) is 108 Å². The molecule has 2 aromatic rings. The number of hydrogen-bond donors (Lipinski definition) is 1. The number of benzene rings is 2. The molecule has 2 aromatic carbocycles. The molecule has 0 aliphatic heterocycles. The van der Waals surface area contributed by atoms with Gasteiger partial charge in [0.05, 0.1) is 37.5 Å². The molecule has 2 rings (SSSR count). The van der Waals surface area contributed by atoms with Crippen molar-refractivity contribution in [2.75, 3.05) is 32.8 Å². The fourth-order valence-electron chi connectivity index (χ4n) is 2.77. The smallest absolute Gasteiger partial charge is 0.259 e. The first-order valence-electron chi connectivity index (χ1n) is 9.99. The lowest BCUT2D eigenvalue weighted by atomic mass is 10.2. The van der Waals surface area contributed by atoms with Crippen molar-refractivity contribution >= 4 is 46.3 Å². The second-order valence-electron chi connectivity index (χ2n) is 6.49. The number of nitrogens with zero attached hydrogens (tertiary/aromatic N) is 2. The number of carbonyl (C=O) groups excluding carboxylic acids is 2. The summed E-state index contributed by atoms with van der Waals surface area (Å²) in [4.78, 5) is 25.2. The molecular formula is C22H25Cl2N3O6. The van der Waals surface area contributed by atoms with Crippen LogP contribution >= 0.6 is 23.2 Å². The van der Waals surface area contributed by atoms with E-state index in [1.165, 1.54) is 33.3 Å². The highest BCUT2D eigenvalue weighted by Crippen LogP contribution is 2.41. The van der Waals surface area contributed by atoms with Crippen molar-refractivity contribution in [3.63, 3.8) is 0 Å². The normalized spacial score (nSPS) is 11.7. The number of nitrogens with one attached hydrogen (secondary N) is 1. The number of amides is 1. The molecule has 1 unspecified atom stereocenters. The zero-order valence-electron chi connectivity index (χ0n) is 18.9. The Morgan fingerprint density at radius 3 is 2.18 bits per heavy atom. The molecule has 33 heavy (non-hydrogen) atoms. The predicted molar refractivity (Wildman–Crippen MR) is 126 cm³/mol. The summed E-state index contributed by atoms with van der Waals surface area (Å²) in [5.74, 6) is 0.0378. The van der Waals surface area contributed by atoms with E-state index in [1.54, 1.807) is 26.0 Å². The van der Waals surface area contributed by atoms with Crippen LogP contribution in [0.3, 0.4) is 0 Å². The Labute approximate surface area is 202 Å². The monoisotopic (exact) mass is 497 g/mol. The first kappa shape index (κ1) is 26.2. The van der Waals surface area contributed by atoms with Gasteiger partial charge >= 0.3 is 0 Å². The molecule has 0 spiro atoms. The van der Waals surface area contributed by atoms with Crippen LogP contribution in [0.4, 0.5) is 11.4 Å². The van der Waals surface area contributed by atoms with Crippen LogP contribution < -0.4 is 24.3 Å². The molecule has 0 aliphatic rings. The standard InChI is InChI=1S/C22H25Cl2N3O6/c1-6-32-16-9-8-13(23)21(33-7-2)20(16)25-22(29)19(12(3)28)27-26-15-11-18(31-5)17(30-4)10-14(15)24/h8-11,19H,6-7H2,1-5H3,(H,25,29). The number of methoxy groups -OCH3 is 2. The number of rotatable bonds is 11. The van der Waals surface area contributed by atoms with E-state index >= 15 is 0 Å². The molecule has 0 fully saturated rings. The minimum Gasteiger partial charge on any atom is -0.493 e. The molecule has 9 nitrogen and oxygen atoms in total. The van der Waals surface area contributed by atoms with E-state index in [9.17, 15) is 9.59 Å². The largest absolute Gasteiger partial charge is 0.493 e. The molecular weight excluding hydrogens is 473 g/mol. The van der Waals surface area contributed by atoms with Gasteiger partial charge in [0.25, 0.3) is 5.91 Å². The number of hydrogen-bond acceptors (Lipinski definition) is 8. The second-order valence-corrected chi connectivity index (χ2v) is 7.31. The van der Waals surface area contributed by atoms with Crippen LogP contribution in [0.25, 0.3) is 0 Å². The highest BCUT2D eigenvalue weighted by Gasteiger charge is 2.27. The SMILES string of the molecule is CCOc1ccc(Cl)c(OCC)c1NC(=O)C(N=Nc1cc(OC)c(OC)cc1Cl)C(C)=O. The third kappa shape index (κ3) is 6.49. The highest BCUT2D eigenvalue weighted by molar-refractivity contribution is 6.33. The van der Waals surface area contributed by atoms with Crippen molar-refractivity contribution in [2.45, 2.75) is 26.8 Å². The number of Topliss-reactive ketones (excluding diaryl/α,β-unsaturated/α-hetero) is 1. The van der Waals surface area contributed by atoms with Crippen LogP contribution in [0.5, 0.6) is 23.0 Å². The Hall–Kier alpha value is -3.04. The van der Waals surface area contributed by atoms with Gasteiger partial charge in [-0.05, 0) is 32.9 Å². The fourth-order valence-corrected chi connectivity index (χ4v) is 3.17. The molecule has 0 bridgehead atoms. The predicted octanol–water partition coefficient (Wildman–Crippen LogP) is 5.49. The van der Waals surface area contributed by atoms with Crippen molar-refractivity contribution in [3.8, 4) is 23.0 Å². The molecule has 0 aromatic heterocycles. The van der Waals surface area contributed by atoms with E-state index in [2.05, 4.69) is 15.5 Å². The average Bonchev–Trinajstić information content (AvgIpc) is 2.78. The number of azo groups is 1. The number of anilines is 1. The van der Waals surface area contributed by atoms with Crippen LogP contribution in [0.15, 0.2) is 34.5 Å². The van der Waals surface area contributed by atoms with Gasteiger partial charge in [0, 0.05) is 12.1 Å². The van der Waals surface area contributed by atoms with Crippen LogP contribution in [0, 0.1) is 0 Å². The molecule has 1 amide bonds. The van der Waals surface area contributed by atoms with Gasteiger partial charge in [-0.15, -0.1) is 0 Å². The zero-order chi connectivity index (χ0) is 24.5. The van der Waals surface area contributed by atoms with E-state index in [1.807, 2.05) is 0 Å². The first-order valence-corrected chi connectivity index (χ1v) is 10.7. The van der Waals surface area contributed by atoms with Gasteiger partial charge in [0.2, 0.25) is 6.04 Å². The lowest BCUT2D eigenvalue weighted by Crippen LogP contribution is -2.32. The van der Waals surface area contributed by atoms with E-state index < -0.39 is 17.7 Å². The van der Waals surface area contributed by atoms with Crippen molar-refractivity contribution in [1.82, 2.24) is 0 Å². The van der Waals surface area contributed by atoms with Crippen molar-refractivity contribution in [1.29, 1.82) is 0 Å². The van der Waals surface area contributed by atoms with Crippen LogP contribution in [-0.2, 0) is 9.59 Å². The number of carbonyl (C=O) groups is 2. The van der Waals surface area contributed by atoms with E-state index in [0.717, 1.165) is 0 Å². The summed E-state index contributed by atoms with van der Waals surface area (Å²) in [5.41, 5.74) is 0.392. The van der Waals surface area contributed by atoms with Crippen molar-refractivity contribution < 1.29 is 28.5 Å². The Morgan fingerprint density at radius 2 is 1.61 bits per heavy atom. The summed E-state index contributed by atoms with van der Waals surface area (Å²) in [6, 6.07) is 4.70. The number of halogens is 2. The second kappa shape index (κ2) is 12.3. The molecule has 1 N–H and O–H groups in total. The Kier molecular flexibility index (Phi) is 9.74. The van der Waals surface area contributed by atoms with E-state index in [-0.39, 0.29) is 27.2 Å². The average molecular weight is 498 g/mol. The van der Waals surface area contributed by atoms with Crippen LogP contribution in [0.2, 0.25) is 10.0 Å². The maximum Gasteiger partial charge on any atom is 0.259 e. The van der Waals surface area contributed by atoms with Crippen LogP contribution in [-0.4, -0.2) is 45.2 Å². The number of ether oxygens (including phenoxy) is 4.